The van der Waals surface area contributed by atoms with Gasteiger partial charge >= 0.3 is 0 Å². The van der Waals surface area contributed by atoms with Crippen LogP contribution in [0.3, 0.4) is 0 Å². The maximum Gasteiger partial charge on any atom is 0.123 e. The van der Waals surface area contributed by atoms with Crippen molar-refractivity contribution in [2.24, 2.45) is 0 Å². The number of rotatable bonds is 2. The van der Waals surface area contributed by atoms with Crippen molar-refractivity contribution in [2.45, 2.75) is 24.4 Å². The number of hydrogen-bond donors (Lipinski definition) is 1. The third kappa shape index (κ3) is 3.14. The fraction of sp³-hybridized carbons (Fsp3) is 0.636. The Hall–Kier alpha value is -0.670. The van der Waals surface area contributed by atoms with Crippen molar-refractivity contribution in [3.05, 3.63) is 24.1 Å². The zero-order valence-electron chi connectivity index (χ0n) is 8.95. The summed E-state index contributed by atoms with van der Waals surface area (Å²) in [7, 11) is 2.15. The first kappa shape index (κ1) is 10.8. The lowest BCUT2D eigenvalue weighted by atomic mass is 10.1. The smallest absolute Gasteiger partial charge is 0.123 e. The minimum atomic E-state index is -0.142. The summed E-state index contributed by atoms with van der Waals surface area (Å²) >= 11 is 5.93. The molecule has 0 bridgehead atoms. The van der Waals surface area contributed by atoms with Gasteiger partial charge in [-0.3, -0.25) is 0 Å². The van der Waals surface area contributed by atoms with Gasteiger partial charge in [-0.05, 0) is 32.0 Å². The second-order valence-corrected chi connectivity index (χ2v) is 4.56. The van der Waals surface area contributed by atoms with E-state index >= 15 is 0 Å². The molecule has 1 unspecified atom stereocenters. The average molecular weight is 229 g/mol. The highest BCUT2D eigenvalue weighted by Crippen LogP contribution is 2.18. The summed E-state index contributed by atoms with van der Waals surface area (Å²) in [5.74, 6) is 0.892. The lowest BCUT2D eigenvalue weighted by Gasteiger charge is -2.30. The predicted molar refractivity (Wildman–Crippen MR) is 61.6 cm³/mol. The molecule has 2 rings (SSSR count). The van der Waals surface area contributed by atoms with Crippen molar-refractivity contribution in [3.63, 3.8) is 0 Å². The molecule has 1 atom stereocenters. The second-order valence-electron chi connectivity index (χ2n) is 4.09. The molecule has 4 heteroatoms. The summed E-state index contributed by atoms with van der Waals surface area (Å²) in [5.41, 5.74) is -0.142. The average Bonchev–Trinajstić information content (AvgIpc) is 2.22. The van der Waals surface area contributed by atoms with E-state index in [1.807, 2.05) is 18.4 Å². The number of nitrogens with zero attached hydrogens (tertiary/aromatic N) is 1. The van der Waals surface area contributed by atoms with Gasteiger partial charge in [0.15, 0.2) is 0 Å². The molecular weight excluding hydrogens is 212 g/mol. The van der Waals surface area contributed by atoms with Crippen LogP contribution in [0.25, 0.3) is 0 Å². The number of halogens is 1. The Bertz CT molecular complexity index is 270. The van der Waals surface area contributed by atoms with Gasteiger partial charge in [0, 0.05) is 19.3 Å². The summed E-state index contributed by atoms with van der Waals surface area (Å²) in [5, 5.41) is 2.98. The normalized spacial score (nSPS) is 28.4. The van der Waals surface area contributed by atoms with Gasteiger partial charge in [0.2, 0.25) is 0 Å². The Labute approximate surface area is 95.7 Å². The first-order valence-corrected chi connectivity index (χ1v) is 5.81. The molecule has 3 nitrogen and oxygen atoms in total. The lowest BCUT2D eigenvalue weighted by molar-refractivity contribution is 0.0632. The maximum atomic E-state index is 5.93. The first-order valence-electron chi connectivity index (χ1n) is 5.38. The highest BCUT2D eigenvalue weighted by Gasteiger charge is 2.19. The van der Waals surface area contributed by atoms with E-state index in [-0.39, 0.29) is 5.50 Å². The molecule has 0 aromatic carbocycles. The fourth-order valence-corrected chi connectivity index (χ4v) is 2.04. The Balaban J connectivity index is 1.84. The predicted octanol–water partition coefficient (Wildman–Crippen LogP) is 1.66. The molecule has 0 aliphatic carbocycles. The molecule has 0 saturated carbocycles. The van der Waals surface area contributed by atoms with Crippen molar-refractivity contribution in [2.75, 3.05) is 20.1 Å². The number of alkyl halides is 1. The number of dihydropyridines is 1. The standard InChI is InChI=1S/C11H17ClN2O/c1-14-6-3-9(4-7-14)15-10-2-5-13-11(12)8-10/h2,5,8-9,11,13H,3-4,6-7H2,1H3. The van der Waals surface area contributed by atoms with E-state index in [1.165, 1.54) is 0 Å². The van der Waals surface area contributed by atoms with E-state index in [4.69, 9.17) is 16.3 Å². The van der Waals surface area contributed by atoms with Crippen LogP contribution in [0.5, 0.6) is 0 Å². The van der Waals surface area contributed by atoms with E-state index in [1.54, 1.807) is 0 Å². The van der Waals surface area contributed by atoms with Gasteiger partial charge < -0.3 is 15.0 Å². The second kappa shape index (κ2) is 4.90. The topological polar surface area (TPSA) is 24.5 Å². The molecule has 0 radical (unpaired) electrons. The fourth-order valence-electron chi connectivity index (χ4n) is 1.84. The van der Waals surface area contributed by atoms with Crippen LogP contribution in [0.4, 0.5) is 0 Å². The van der Waals surface area contributed by atoms with Gasteiger partial charge in [-0.1, -0.05) is 11.6 Å². The number of hydrogen-bond acceptors (Lipinski definition) is 3. The van der Waals surface area contributed by atoms with Gasteiger partial charge in [0.1, 0.15) is 17.4 Å². The van der Waals surface area contributed by atoms with Gasteiger partial charge in [-0.15, -0.1) is 0 Å². The molecule has 2 heterocycles. The van der Waals surface area contributed by atoms with E-state index in [0.29, 0.717) is 6.10 Å². The largest absolute Gasteiger partial charge is 0.490 e. The summed E-state index contributed by atoms with van der Waals surface area (Å²) in [4.78, 5) is 2.33. The van der Waals surface area contributed by atoms with Gasteiger partial charge in [-0.25, -0.2) is 0 Å². The van der Waals surface area contributed by atoms with Crippen LogP contribution in [0.1, 0.15) is 12.8 Å². The third-order valence-electron chi connectivity index (χ3n) is 2.78. The van der Waals surface area contributed by atoms with Gasteiger partial charge in [0.05, 0.1) is 0 Å². The van der Waals surface area contributed by atoms with Crippen molar-refractivity contribution >= 4 is 11.6 Å². The highest BCUT2D eigenvalue weighted by atomic mass is 35.5. The summed E-state index contributed by atoms with van der Waals surface area (Å²) in [6.07, 6.45) is 8.21. The third-order valence-corrected chi connectivity index (χ3v) is 3.03. The Kier molecular flexibility index (Phi) is 3.54. The van der Waals surface area contributed by atoms with E-state index in [9.17, 15) is 0 Å². The molecule has 0 aromatic rings. The number of allylic oxidation sites excluding steroid dienone is 1. The molecule has 1 N–H and O–H groups in total. The SMILES string of the molecule is CN1CCC(OC2=CC(Cl)NC=C2)CC1. The van der Waals surface area contributed by atoms with Crippen molar-refractivity contribution in [3.8, 4) is 0 Å². The minimum Gasteiger partial charge on any atom is -0.490 e. The molecule has 0 aromatic heterocycles. The highest BCUT2D eigenvalue weighted by molar-refractivity contribution is 6.21. The molecule has 0 spiro atoms. The molecule has 1 fully saturated rings. The Morgan fingerprint density at radius 1 is 1.47 bits per heavy atom. The van der Waals surface area contributed by atoms with Crippen LogP contribution in [-0.4, -0.2) is 36.6 Å². The van der Waals surface area contributed by atoms with Gasteiger partial charge in [-0.2, -0.15) is 0 Å². The first-order chi connectivity index (χ1) is 7.24. The number of nitrogens with one attached hydrogen (secondary N) is 1. The monoisotopic (exact) mass is 228 g/mol. The summed E-state index contributed by atoms with van der Waals surface area (Å²) in [6.45, 7) is 2.23. The van der Waals surface area contributed by atoms with E-state index in [0.717, 1.165) is 31.7 Å². The van der Waals surface area contributed by atoms with Crippen LogP contribution in [0.15, 0.2) is 24.1 Å². The van der Waals surface area contributed by atoms with Crippen molar-refractivity contribution in [1.29, 1.82) is 0 Å². The lowest BCUT2D eigenvalue weighted by Crippen LogP contribution is -2.34. The van der Waals surface area contributed by atoms with Gasteiger partial charge in [0.25, 0.3) is 0 Å². The Morgan fingerprint density at radius 3 is 2.87 bits per heavy atom. The quantitative estimate of drug-likeness (QED) is 0.575. The van der Waals surface area contributed by atoms with Crippen LogP contribution >= 0.6 is 11.6 Å². The molecule has 84 valence electrons. The van der Waals surface area contributed by atoms with Crippen LogP contribution in [-0.2, 0) is 4.74 Å². The molecule has 15 heavy (non-hydrogen) atoms. The van der Waals surface area contributed by atoms with E-state index in [2.05, 4.69) is 17.3 Å². The van der Waals surface area contributed by atoms with E-state index < -0.39 is 0 Å². The molecule has 0 amide bonds. The number of likely N-dealkylation sites (tertiary alicyclic amines) is 1. The zero-order chi connectivity index (χ0) is 10.7. The molecule has 1 saturated heterocycles. The Morgan fingerprint density at radius 2 is 2.20 bits per heavy atom. The number of piperidine rings is 1. The maximum absolute atomic E-state index is 5.93. The summed E-state index contributed by atoms with van der Waals surface area (Å²) in [6, 6.07) is 0. The van der Waals surface area contributed by atoms with Crippen LogP contribution in [0, 0.1) is 0 Å². The van der Waals surface area contributed by atoms with Crippen molar-refractivity contribution in [1.82, 2.24) is 10.2 Å². The molecular formula is C11H17ClN2O. The molecule has 2 aliphatic heterocycles. The van der Waals surface area contributed by atoms with Crippen LogP contribution in [0.2, 0.25) is 0 Å². The van der Waals surface area contributed by atoms with Crippen LogP contribution < -0.4 is 5.32 Å². The molecule has 2 aliphatic rings. The van der Waals surface area contributed by atoms with Crippen molar-refractivity contribution < 1.29 is 4.74 Å². The minimum absolute atomic E-state index is 0.142. The number of ether oxygens (including phenoxy) is 1. The zero-order valence-corrected chi connectivity index (χ0v) is 9.70. The summed E-state index contributed by atoms with van der Waals surface area (Å²) < 4.78 is 5.87.